The summed E-state index contributed by atoms with van der Waals surface area (Å²) in [5.41, 5.74) is -0.260. The molecule has 1 fully saturated rings. The molecule has 1 aliphatic heterocycles. The van der Waals surface area contributed by atoms with Gasteiger partial charge in [-0.1, -0.05) is 6.07 Å². The first-order valence-corrected chi connectivity index (χ1v) is 6.96. The second kappa shape index (κ2) is 6.49. The quantitative estimate of drug-likeness (QED) is 0.889. The molecule has 1 aromatic carbocycles. The molecular weight excluding hydrogens is 278 g/mol. The molecule has 1 saturated heterocycles. The summed E-state index contributed by atoms with van der Waals surface area (Å²) in [4.78, 5) is 12.1. The second-order valence-electron chi connectivity index (χ2n) is 5.73. The number of ether oxygens (including phenoxy) is 1. The van der Waals surface area contributed by atoms with Crippen LogP contribution in [0.15, 0.2) is 18.2 Å². The van der Waals surface area contributed by atoms with Crippen molar-refractivity contribution < 1.29 is 18.3 Å². The molecule has 0 aromatic heterocycles. The van der Waals surface area contributed by atoms with Crippen LogP contribution in [0.25, 0.3) is 0 Å². The Morgan fingerprint density at radius 2 is 2.19 bits per heavy atom. The number of carbonyl (C=O) groups is 1. The van der Waals surface area contributed by atoms with Crippen molar-refractivity contribution in [1.29, 1.82) is 0 Å². The van der Waals surface area contributed by atoms with Crippen molar-refractivity contribution in [3.05, 3.63) is 35.4 Å². The highest BCUT2D eigenvalue weighted by atomic mass is 19.2. The number of rotatable bonds is 4. The molecule has 0 bridgehead atoms. The highest BCUT2D eigenvalue weighted by molar-refractivity contribution is 5.77. The normalized spacial score (nSPS) is 19.3. The predicted octanol–water partition coefficient (Wildman–Crippen LogP) is 1.69. The standard InChI is InChI=1S/C15H20F2N2O2/c1-15(2,10-3-4-12(16)13(17)7-10)19-14(20)8-11-9-21-6-5-18-11/h3-4,7,11,18H,5-6,8-9H2,1-2H3,(H,19,20). The number of benzene rings is 1. The van der Waals surface area contributed by atoms with Gasteiger partial charge >= 0.3 is 0 Å². The summed E-state index contributed by atoms with van der Waals surface area (Å²) in [5.74, 6) is -1.98. The SMILES string of the molecule is CC(C)(NC(=O)CC1COCCN1)c1ccc(F)c(F)c1. The number of amides is 1. The molecule has 0 radical (unpaired) electrons. The van der Waals surface area contributed by atoms with Gasteiger partial charge in [-0.2, -0.15) is 0 Å². The van der Waals surface area contributed by atoms with Crippen molar-refractivity contribution >= 4 is 5.91 Å². The zero-order chi connectivity index (χ0) is 15.5. The van der Waals surface area contributed by atoms with Crippen LogP contribution >= 0.6 is 0 Å². The van der Waals surface area contributed by atoms with Gasteiger partial charge in [-0.25, -0.2) is 8.78 Å². The Labute approximate surface area is 122 Å². The second-order valence-corrected chi connectivity index (χ2v) is 5.73. The molecule has 2 rings (SSSR count). The van der Waals surface area contributed by atoms with Crippen LogP contribution in [0, 0.1) is 11.6 Å². The molecule has 1 amide bonds. The lowest BCUT2D eigenvalue weighted by molar-refractivity contribution is -0.124. The number of hydrogen-bond acceptors (Lipinski definition) is 3. The highest BCUT2D eigenvalue weighted by Crippen LogP contribution is 2.22. The molecule has 2 N–H and O–H groups in total. The van der Waals surface area contributed by atoms with E-state index in [4.69, 9.17) is 4.74 Å². The van der Waals surface area contributed by atoms with Crippen molar-refractivity contribution in [1.82, 2.24) is 10.6 Å². The first kappa shape index (κ1) is 15.9. The first-order chi connectivity index (χ1) is 9.88. The van der Waals surface area contributed by atoms with Crippen molar-refractivity contribution in [2.75, 3.05) is 19.8 Å². The van der Waals surface area contributed by atoms with Crippen LogP contribution in [0.1, 0.15) is 25.8 Å². The van der Waals surface area contributed by atoms with Crippen LogP contribution in [0.5, 0.6) is 0 Å². The number of hydrogen-bond donors (Lipinski definition) is 2. The molecule has 0 aliphatic carbocycles. The monoisotopic (exact) mass is 298 g/mol. The maximum atomic E-state index is 13.3. The lowest BCUT2D eigenvalue weighted by atomic mass is 9.93. The van der Waals surface area contributed by atoms with E-state index in [0.29, 0.717) is 18.8 Å². The van der Waals surface area contributed by atoms with E-state index in [1.807, 2.05) is 0 Å². The summed E-state index contributed by atoms with van der Waals surface area (Å²) in [6.07, 6.45) is 0.285. The summed E-state index contributed by atoms with van der Waals surface area (Å²) in [6.45, 7) is 5.38. The molecular formula is C15H20F2N2O2. The number of carbonyl (C=O) groups excluding carboxylic acids is 1. The zero-order valence-electron chi connectivity index (χ0n) is 12.2. The van der Waals surface area contributed by atoms with Crippen LogP contribution in [0.3, 0.4) is 0 Å². The van der Waals surface area contributed by atoms with Gasteiger partial charge in [-0.05, 0) is 31.5 Å². The smallest absolute Gasteiger partial charge is 0.222 e. The van der Waals surface area contributed by atoms with E-state index in [1.165, 1.54) is 6.07 Å². The number of morpholine rings is 1. The average Bonchev–Trinajstić information content (AvgIpc) is 2.42. The molecule has 0 spiro atoms. The lowest BCUT2D eigenvalue weighted by Crippen LogP contribution is -2.47. The highest BCUT2D eigenvalue weighted by Gasteiger charge is 2.26. The Kier molecular flexibility index (Phi) is 4.90. The van der Waals surface area contributed by atoms with Gasteiger partial charge in [0.25, 0.3) is 0 Å². The minimum absolute atomic E-state index is 0.0143. The number of halogens is 2. The van der Waals surface area contributed by atoms with Crippen molar-refractivity contribution in [3.8, 4) is 0 Å². The summed E-state index contributed by atoms with van der Waals surface area (Å²) >= 11 is 0. The maximum absolute atomic E-state index is 13.3. The summed E-state index contributed by atoms with van der Waals surface area (Å²) in [5, 5.41) is 6.04. The predicted molar refractivity (Wildman–Crippen MR) is 74.8 cm³/mol. The molecule has 1 heterocycles. The van der Waals surface area contributed by atoms with Gasteiger partial charge in [0.05, 0.1) is 18.8 Å². The van der Waals surface area contributed by atoms with E-state index in [1.54, 1.807) is 13.8 Å². The minimum atomic E-state index is -0.919. The number of nitrogens with one attached hydrogen (secondary N) is 2. The van der Waals surface area contributed by atoms with Gasteiger partial charge in [0.1, 0.15) is 0 Å². The largest absolute Gasteiger partial charge is 0.378 e. The van der Waals surface area contributed by atoms with Gasteiger partial charge < -0.3 is 15.4 Å². The molecule has 116 valence electrons. The Morgan fingerprint density at radius 3 is 2.81 bits per heavy atom. The van der Waals surface area contributed by atoms with E-state index in [2.05, 4.69) is 10.6 Å². The molecule has 0 saturated carbocycles. The topological polar surface area (TPSA) is 50.4 Å². The Morgan fingerprint density at radius 1 is 1.43 bits per heavy atom. The summed E-state index contributed by atoms with van der Waals surface area (Å²) < 4.78 is 31.6. The average molecular weight is 298 g/mol. The molecule has 21 heavy (non-hydrogen) atoms. The fourth-order valence-corrected chi connectivity index (χ4v) is 2.33. The lowest BCUT2D eigenvalue weighted by Gasteiger charge is -2.29. The molecule has 1 atom stereocenters. The van der Waals surface area contributed by atoms with Crippen LogP contribution in [-0.4, -0.2) is 31.7 Å². The Bertz CT molecular complexity index is 514. The molecule has 1 aliphatic rings. The van der Waals surface area contributed by atoms with Gasteiger partial charge in [0.2, 0.25) is 5.91 Å². The Balaban J connectivity index is 1.98. The van der Waals surface area contributed by atoms with Gasteiger partial charge in [0.15, 0.2) is 11.6 Å². The van der Waals surface area contributed by atoms with Gasteiger partial charge in [0, 0.05) is 19.0 Å². The fourth-order valence-electron chi connectivity index (χ4n) is 2.33. The van der Waals surface area contributed by atoms with Crippen LogP contribution in [0.2, 0.25) is 0 Å². The summed E-state index contributed by atoms with van der Waals surface area (Å²) in [7, 11) is 0. The maximum Gasteiger partial charge on any atom is 0.222 e. The van der Waals surface area contributed by atoms with Crippen LogP contribution in [-0.2, 0) is 15.1 Å². The molecule has 1 aromatic rings. The van der Waals surface area contributed by atoms with Crippen LogP contribution < -0.4 is 10.6 Å². The van der Waals surface area contributed by atoms with E-state index < -0.39 is 17.2 Å². The van der Waals surface area contributed by atoms with E-state index in [-0.39, 0.29) is 18.4 Å². The molecule has 1 unspecified atom stereocenters. The van der Waals surface area contributed by atoms with E-state index in [9.17, 15) is 13.6 Å². The minimum Gasteiger partial charge on any atom is -0.378 e. The summed E-state index contributed by atoms with van der Waals surface area (Å²) in [6, 6.07) is 3.63. The molecule has 6 heteroatoms. The van der Waals surface area contributed by atoms with Crippen molar-refractivity contribution in [2.45, 2.75) is 31.8 Å². The van der Waals surface area contributed by atoms with E-state index in [0.717, 1.165) is 18.7 Å². The molecule has 4 nitrogen and oxygen atoms in total. The van der Waals surface area contributed by atoms with Gasteiger partial charge in [-0.15, -0.1) is 0 Å². The van der Waals surface area contributed by atoms with Crippen LogP contribution in [0.4, 0.5) is 8.78 Å². The van der Waals surface area contributed by atoms with Crippen molar-refractivity contribution in [3.63, 3.8) is 0 Å². The Hall–Kier alpha value is -1.53. The zero-order valence-corrected chi connectivity index (χ0v) is 12.2. The van der Waals surface area contributed by atoms with E-state index >= 15 is 0 Å². The first-order valence-electron chi connectivity index (χ1n) is 6.96. The third-order valence-corrected chi connectivity index (χ3v) is 3.52. The fraction of sp³-hybridized carbons (Fsp3) is 0.533. The van der Waals surface area contributed by atoms with Gasteiger partial charge in [-0.3, -0.25) is 4.79 Å². The third-order valence-electron chi connectivity index (χ3n) is 3.52. The van der Waals surface area contributed by atoms with Crippen molar-refractivity contribution in [2.24, 2.45) is 0 Å². The third kappa shape index (κ3) is 4.22.